The van der Waals surface area contributed by atoms with E-state index in [-0.39, 0.29) is 12.5 Å². The Balaban J connectivity index is 3.09. The van der Waals surface area contributed by atoms with Crippen LogP contribution in [0.5, 0.6) is 0 Å². The minimum atomic E-state index is -4.68. The molecule has 1 unspecified atom stereocenters. The first-order valence-electron chi connectivity index (χ1n) is 4.33. The number of alkyl halides is 3. The van der Waals surface area contributed by atoms with Gasteiger partial charge in [-0.2, -0.15) is 13.2 Å². The van der Waals surface area contributed by atoms with Gasteiger partial charge in [0.1, 0.15) is 5.82 Å². The van der Waals surface area contributed by atoms with E-state index in [0.29, 0.717) is 11.6 Å². The van der Waals surface area contributed by atoms with E-state index in [1.165, 1.54) is 6.07 Å². The second kappa shape index (κ2) is 4.18. The Morgan fingerprint density at radius 1 is 1.33 bits per heavy atom. The summed E-state index contributed by atoms with van der Waals surface area (Å²) in [5.74, 6) is -1.68. The molecule has 0 saturated carbocycles. The van der Waals surface area contributed by atoms with Crippen molar-refractivity contribution in [1.82, 2.24) is 0 Å². The summed E-state index contributed by atoms with van der Waals surface area (Å²) in [6, 6.07) is 2.67. The van der Waals surface area contributed by atoms with E-state index < -0.39 is 17.6 Å². The topological polar surface area (TPSA) is 20.2 Å². The smallest absolute Gasteiger partial charge is 0.396 e. The van der Waals surface area contributed by atoms with Crippen molar-refractivity contribution in [3.8, 4) is 0 Å². The van der Waals surface area contributed by atoms with Gasteiger partial charge in [-0.05, 0) is 17.7 Å². The lowest BCUT2D eigenvalue weighted by molar-refractivity contribution is -0.140. The zero-order chi connectivity index (χ0) is 11.6. The maximum atomic E-state index is 13.0. The second-order valence-corrected chi connectivity index (χ2v) is 3.32. The van der Waals surface area contributed by atoms with Gasteiger partial charge in [-0.15, -0.1) is 0 Å². The third-order valence-electron chi connectivity index (χ3n) is 2.14. The SMILES string of the molecule is CC(CO)c1ccc(C(F)(F)F)c(F)c1. The maximum absolute atomic E-state index is 13.0. The van der Waals surface area contributed by atoms with E-state index in [9.17, 15) is 17.6 Å². The van der Waals surface area contributed by atoms with Crippen LogP contribution in [-0.4, -0.2) is 11.7 Å². The Kier molecular flexibility index (Phi) is 3.34. The first-order valence-corrected chi connectivity index (χ1v) is 4.33. The lowest BCUT2D eigenvalue weighted by Crippen LogP contribution is -2.09. The zero-order valence-electron chi connectivity index (χ0n) is 7.98. The molecule has 0 fully saturated rings. The normalized spacial score (nSPS) is 14.0. The van der Waals surface area contributed by atoms with E-state index in [0.717, 1.165) is 6.07 Å². The van der Waals surface area contributed by atoms with Crippen LogP contribution < -0.4 is 0 Å². The van der Waals surface area contributed by atoms with E-state index >= 15 is 0 Å². The number of benzene rings is 1. The van der Waals surface area contributed by atoms with Gasteiger partial charge in [0.05, 0.1) is 5.56 Å². The highest BCUT2D eigenvalue weighted by Gasteiger charge is 2.34. The molecule has 5 heteroatoms. The number of hydrogen-bond acceptors (Lipinski definition) is 1. The van der Waals surface area contributed by atoms with Gasteiger partial charge in [-0.3, -0.25) is 0 Å². The molecule has 0 aliphatic rings. The van der Waals surface area contributed by atoms with E-state index in [2.05, 4.69) is 0 Å². The number of rotatable bonds is 2. The first-order chi connectivity index (χ1) is 6.86. The molecule has 0 heterocycles. The highest BCUT2D eigenvalue weighted by Crippen LogP contribution is 2.32. The second-order valence-electron chi connectivity index (χ2n) is 3.32. The van der Waals surface area contributed by atoms with Crippen molar-refractivity contribution >= 4 is 0 Å². The van der Waals surface area contributed by atoms with Gasteiger partial charge in [0.25, 0.3) is 0 Å². The standard InChI is InChI=1S/C10H10F4O/c1-6(5-15)7-2-3-8(9(11)4-7)10(12,13)14/h2-4,6,15H,5H2,1H3. The molecular weight excluding hydrogens is 212 g/mol. The summed E-state index contributed by atoms with van der Waals surface area (Å²) in [6.45, 7) is 1.37. The van der Waals surface area contributed by atoms with Gasteiger partial charge in [-0.25, -0.2) is 4.39 Å². The summed E-state index contributed by atoms with van der Waals surface area (Å²) < 4.78 is 49.6. The molecular formula is C10H10F4O. The number of aliphatic hydroxyl groups is 1. The molecule has 1 aromatic rings. The minimum Gasteiger partial charge on any atom is -0.396 e. The molecule has 0 aliphatic heterocycles. The number of hydrogen-bond donors (Lipinski definition) is 1. The van der Waals surface area contributed by atoms with Crippen molar-refractivity contribution in [2.24, 2.45) is 0 Å². The highest BCUT2D eigenvalue weighted by atomic mass is 19.4. The molecule has 0 spiro atoms. The minimum absolute atomic E-state index is 0.231. The molecule has 0 aliphatic carbocycles. The molecule has 1 N–H and O–H groups in total. The van der Waals surface area contributed by atoms with Crippen LogP contribution in [0.2, 0.25) is 0 Å². The summed E-state index contributed by atoms with van der Waals surface area (Å²) in [5.41, 5.74) is -0.931. The third-order valence-corrected chi connectivity index (χ3v) is 2.14. The van der Waals surface area contributed by atoms with Crippen molar-refractivity contribution in [2.45, 2.75) is 19.0 Å². The summed E-state index contributed by atoms with van der Waals surface area (Å²) in [4.78, 5) is 0. The molecule has 0 saturated heterocycles. The first kappa shape index (κ1) is 12.0. The molecule has 84 valence electrons. The Hall–Kier alpha value is -1.10. The van der Waals surface area contributed by atoms with Gasteiger partial charge in [0, 0.05) is 12.5 Å². The largest absolute Gasteiger partial charge is 0.419 e. The van der Waals surface area contributed by atoms with Crippen molar-refractivity contribution in [3.63, 3.8) is 0 Å². The molecule has 1 rings (SSSR count). The molecule has 1 atom stereocenters. The van der Waals surface area contributed by atoms with Crippen LogP contribution in [0.25, 0.3) is 0 Å². The molecule has 0 bridgehead atoms. The molecule has 0 aromatic heterocycles. The van der Waals surface area contributed by atoms with Crippen LogP contribution in [0.1, 0.15) is 24.0 Å². The Bertz CT molecular complexity index is 346. The van der Waals surface area contributed by atoms with Crippen LogP contribution in [-0.2, 0) is 6.18 Å². The molecule has 0 amide bonds. The monoisotopic (exact) mass is 222 g/mol. The van der Waals surface area contributed by atoms with Crippen LogP contribution in [0, 0.1) is 5.82 Å². The summed E-state index contributed by atoms with van der Waals surface area (Å²) >= 11 is 0. The fraction of sp³-hybridized carbons (Fsp3) is 0.400. The van der Waals surface area contributed by atoms with Gasteiger partial charge < -0.3 is 5.11 Å². The Morgan fingerprint density at radius 2 is 1.93 bits per heavy atom. The average molecular weight is 222 g/mol. The molecule has 15 heavy (non-hydrogen) atoms. The number of halogens is 4. The molecule has 1 aromatic carbocycles. The van der Waals surface area contributed by atoms with Crippen LogP contribution in [0.4, 0.5) is 17.6 Å². The lowest BCUT2D eigenvalue weighted by atomic mass is 10.0. The van der Waals surface area contributed by atoms with Crippen molar-refractivity contribution < 1.29 is 22.7 Å². The Labute approximate surface area is 84.3 Å². The summed E-state index contributed by atoms with van der Waals surface area (Å²) in [5, 5.41) is 8.76. The van der Waals surface area contributed by atoms with Gasteiger partial charge in [0.15, 0.2) is 0 Å². The van der Waals surface area contributed by atoms with Crippen LogP contribution in [0.3, 0.4) is 0 Å². The maximum Gasteiger partial charge on any atom is 0.419 e. The predicted molar refractivity (Wildman–Crippen MR) is 46.9 cm³/mol. The molecule has 1 nitrogen and oxygen atoms in total. The van der Waals surface area contributed by atoms with E-state index in [1.807, 2.05) is 0 Å². The van der Waals surface area contributed by atoms with E-state index in [4.69, 9.17) is 5.11 Å². The summed E-state index contributed by atoms with van der Waals surface area (Å²) in [6.07, 6.45) is -4.68. The highest BCUT2D eigenvalue weighted by molar-refractivity contribution is 5.28. The zero-order valence-corrected chi connectivity index (χ0v) is 7.98. The lowest BCUT2D eigenvalue weighted by Gasteiger charge is -2.12. The van der Waals surface area contributed by atoms with Gasteiger partial charge in [-0.1, -0.05) is 13.0 Å². The fourth-order valence-corrected chi connectivity index (χ4v) is 1.17. The van der Waals surface area contributed by atoms with E-state index in [1.54, 1.807) is 6.92 Å². The third kappa shape index (κ3) is 2.68. The Morgan fingerprint density at radius 3 is 2.33 bits per heavy atom. The van der Waals surface area contributed by atoms with Crippen molar-refractivity contribution in [3.05, 3.63) is 35.1 Å². The average Bonchev–Trinajstić information content (AvgIpc) is 2.14. The quantitative estimate of drug-likeness (QED) is 0.763. The van der Waals surface area contributed by atoms with Gasteiger partial charge in [0.2, 0.25) is 0 Å². The molecule has 0 radical (unpaired) electrons. The van der Waals surface area contributed by atoms with Crippen LogP contribution >= 0.6 is 0 Å². The predicted octanol–water partition coefficient (Wildman–Crippen LogP) is 2.94. The fourth-order valence-electron chi connectivity index (χ4n) is 1.17. The van der Waals surface area contributed by atoms with Gasteiger partial charge >= 0.3 is 6.18 Å². The van der Waals surface area contributed by atoms with Crippen molar-refractivity contribution in [1.29, 1.82) is 0 Å². The number of aliphatic hydroxyl groups excluding tert-OH is 1. The van der Waals surface area contributed by atoms with Crippen molar-refractivity contribution in [2.75, 3.05) is 6.61 Å². The van der Waals surface area contributed by atoms with Crippen LogP contribution in [0.15, 0.2) is 18.2 Å². The summed E-state index contributed by atoms with van der Waals surface area (Å²) in [7, 11) is 0.